The minimum Gasteiger partial charge on any atom is -0.350 e. The number of aryl methyl sites for hydroxylation is 1. The SMILES string of the molecule is CCN1CCCC1CNC(=O)c1ccc(Sc2ccc(C)cc2)c(N=[N+]=[N-])c1. The fourth-order valence-electron chi connectivity index (χ4n) is 3.46. The second kappa shape index (κ2) is 9.64. The van der Waals surface area contributed by atoms with E-state index in [4.69, 9.17) is 5.53 Å². The van der Waals surface area contributed by atoms with Gasteiger partial charge in [0.1, 0.15) is 0 Å². The number of amides is 1. The summed E-state index contributed by atoms with van der Waals surface area (Å²) in [5.74, 6) is -0.135. The molecule has 2 aromatic rings. The summed E-state index contributed by atoms with van der Waals surface area (Å²) in [6, 6.07) is 13.8. The number of nitrogens with zero attached hydrogens (tertiary/aromatic N) is 4. The molecule has 1 unspecified atom stereocenters. The van der Waals surface area contributed by atoms with E-state index in [2.05, 4.69) is 27.2 Å². The average Bonchev–Trinajstić information content (AvgIpc) is 3.17. The highest BCUT2D eigenvalue weighted by Gasteiger charge is 2.23. The van der Waals surface area contributed by atoms with Crippen molar-refractivity contribution in [2.24, 2.45) is 5.11 Å². The third-order valence-electron chi connectivity index (χ3n) is 5.03. The van der Waals surface area contributed by atoms with E-state index >= 15 is 0 Å². The number of carbonyl (C=O) groups is 1. The third kappa shape index (κ3) is 5.07. The van der Waals surface area contributed by atoms with E-state index in [1.54, 1.807) is 12.1 Å². The molecule has 7 heteroatoms. The van der Waals surface area contributed by atoms with Crippen LogP contribution in [0.4, 0.5) is 5.69 Å². The number of rotatable bonds is 7. The van der Waals surface area contributed by atoms with Gasteiger partial charge in [0.2, 0.25) is 0 Å². The highest BCUT2D eigenvalue weighted by Crippen LogP contribution is 2.36. The third-order valence-corrected chi connectivity index (χ3v) is 6.10. The van der Waals surface area contributed by atoms with Crippen LogP contribution in [0.25, 0.3) is 10.4 Å². The molecule has 146 valence electrons. The lowest BCUT2D eigenvalue weighted by atomic mass is 10.1. The number of likely N-dealkylation sites (tertiary alicyclic amines) is 1. The Morgan fingerprint density at radius 3 is 2.82 bits per heavy atom. The predicted octanol–water partition coefficient (Wildman–Crippen LogP) is 5.30. The van der Waals surface area contributed by atoms with E-state index < -0.39 is 0 Å². The normalized spacial score (nSPS) is 16.6. The van der Waals surface area contributed by atoms with Gasteiger partial charge in [-0.2, -0.15) is 0 Å². The Kier molecular flexibility index (Phi) is 6.98. The van der Waals surface area contributed by atoms with E-state index in [9.17, 15) is 4.79 Å². The van der Waals surface area contributed by atoms with Crippen molar-refractivity contribution in [3.05, 3.63) is 64.0 Å². The predicted molar refractivity (Wildman–Crippen MR) is 113 cm³/mol. The molecular weight excluding hydrogens is 370 g/mol. The number of hydrogen-bond donors (Lipinski definition) is 1. The van der Waals surface area contributed by atoms with Gasteiger partial charge in [0.15, 0.2) is 0 Å². The van der Waals surface area contributed by atoms with Crippen LogP contribution in [-0.2, 0) is 0 Å². The van der Waals surface area contributed by atoms with Crippen molar-refractivity contribution in [3.8, 4) is 0 Å². The zero-order chi connectivity index (χ0) is 19.9. The van der Waals surface area contributed by atoms with Gasteiger partial charge in [0.05, 0.1) is 5.69 Å². The Hall–Kier alpha value is -2.47. The van der Waals surface area contributed by atoms with Crippen molar-refractivity contribution >= 4 is 23.4 Å². The second-order valence-electron chi connectivity index (χ2n) is 6.92. The van der Waals surface area contributed by atoms with Crippen molar-refractivity contribution < 1.29 is 4.79 Å². The van der Waals surface area contributed by atoms with Crippen LogP contribution in [0.2, 0.25) is 0 Å². The van der Waals surface area contributed by atoms with Gasteiger partial charge >= 0.3 is 0 Å². The molecule has 0 saturated carbocycles. The van der Waals surface area contributed by atoms with Gasteiger partial charge in [-0.25, -0.2) is 0 Å². The molecule has 1 fully saturated rings. The molecule has 0 aliphatic carbocycles. The van der Waals surface area contributed by atoms with E-state index in [-0.39, 0.29) is 5.91 Å². The molecule has 1 atom stereocenters. The van der Waals surface area contributed by atoms with Crippen molar-refractivity contribution in [1.82, 2.24) is 10.2 Å². The quantitative estimate of drug-likeness (QED) is 0.392. The van der Waals surface area contributed by atoms with Gasteiger partial charge in [-0.15, -0.1) is 0 Å². The van der Waals surface area contributed by atoms with E-state index in [1.165, 1.54) is 23.7 Å². The summed E-state index contributed by atoms with van der Waals surface area (Å²) in [6.07, 6.45) is 2.30. The maximum atomic E-state index is 12.6. The Labute approximate surface area is 169 Å². The molecule has 1 aliphatic heterocycles. The summed E-state index contributed by atoms with van der Waals surface area (Å²) >= 11 is 1.52. The lowest BCUT2D eigenvalue weighted by molar-refractivity contribution is 0.0941. The molecule has 6 nitrogen and oxygen atoms in total. The van der Waals surface area contributed by atoms with Crippen molar-refractivity contribution in [3.63, 3.8) is 0 Å². The molecule has 0 spiro atoms. The van der Waals surface area contributed by atoms with Crippen LogP contribution in [0.5, 0.6) is 0 Å². The first kappa shape index (κ1) is 20.3. The van der Waals surface area contributed by atoms with Gasteiger partial charge in [-0.05, 0) is 68.7 Å². The van der Waals surface area contributed by atoms with Gasteiger partial charge in [-0.1, -0.05) is 41.5 Å². The van der Waals surface area contributed by atoms with Crippen LogP contribution in [0, 0.1) is 6.92 Å². The molecule has 0 radical (unpaired) electrons. The van der Waals surface area contributed by atoms with Crippen molar-refractivity contribution in [2.75, 3.05) is 19.6 Å². The highest BCUT2D eigenvalue weighted by atomic mass is 32.2. The van der Waals surface area contributed by atoms with Crippen molar-refractivity contribution in [1.29, 1.82) is 0 Å². The largest absolute Gasteiger partial charge is 0.350 e. The molecule has 28 heavy (non-hydrogen) atoms. The monoisotopic (exact) mass is 395 g/mol. The molecule has 1 heterocycles. The Bertz CT molecular complexity index is 877. The standard InChI is InChI=1S/C21H25N5OS/c1-3-26-12-4-5-17(26)14-23-21(27)16-8-11-20(19(13-16)24-25-22)28-18-9-6-15(2)7-10-18/h6-11,13,17H,3-5,12,14H2,1-2H3,(H,23,27). The van der Waals surface area contributed by atoms with Crippen LogP contribution < -0.4 is 5.32 Å². The Morgan fingerprint density at radius 1 is 1.32 bits per heavy atom. The number of azide groups is 1. The number of carbonyl (C=O) groups excluding carboxylic acids is 1. The topological polar surface area (TPSA) is 81.1 Å². The van der Waals surface area contributed by atoms with Gasteiger partial charge in [0, 0.05) is 32.9 Å². The molecule has 1 N–H and O–H groups in total. The number of benzene rings is 2. The average molecular weight is 396 g/mol. The van der Waals surface area contributed by atoms with Crippen LogP contribution >= 0.6 is 11.8 Å². The summed E-state index contributed by atoms with van der Waals surface area (Å²) in [7, 11) is 0. The first-order valence-electron chi connectivity index (χ1n) is 9.56. The fraction of sp³-hybridized carbons (Fsp3) is 0.381. The summed E-state index contributed by atoms with van der Waals surface area (Å²) in [4.78, 5) is 19.8. The van der Waals surface area contributed by atoms with Gasteiger partial charge in [-0.3, -0.25) is 9.69 Å². The van der Waals surface area contributed by atoms with Gasteiger partial charge < -0.3 is 5.32 Å². The minimum atomic E-state index is -0.135. The van der Waals surface area contributed by atoms with E-state index in [0.717, 1.165) is 29.3 Å². The van der Waals surface area contributed by atoms with Crippen LogP contribution in [0.3, 0.4) is 0 Å². The lowest BCUT2D eigenvalue weighted by Crippen LogP contribution is -2.40. The molecule has 0 aromatic heterocycles. The summed E-state index contributed by atoms with van der Waals surface area (Å²) in [5, 5.41) is 6.83. The van der Waals surface area contributed by atoms with Crippen LogP contribution in [0.15, 0.2) is 57.4 Å². The Balaban J connectivity index is 1.71. The van der Waals surface area contributed by atoms with Crippen LogP contribution in [-0.4, -0.2) is 36.5 Å². The maximum absolute atomic E-state index is 12.6. The molecule has 0 bridgehead atoms. The number of nitrogens with one attached hydrogen (secondary N) is 1. The summed E-state index contributed by atoms with van der Waals surface area (Å²) in [6.45, 7) is 6.94. The Morgan fingerprint density at radius 2 is 2.11 bits per heavy atom. The van der Waals surface area contributed by atoms with Crippen molar-refractivity contribution in [2.45, 2.75) is 42.5 Å². The summed E-state index contributed by atoms with van der Waals surface area (Å²) < 4.78 is 0. The molecular formula is C21H25N5OS. The zero-order valence-corrected chi connectivity index (χ0v) is 17.1. The van der Waals surface area contributed by atoms with Crippen LogP contribution in [0.1, 0.15) is 35.7 Å². The molecule has 1 amide bonds. The molecule has 1 saturated heterocycles. The summed E-state index contributed by atoms with van der Waals surface area (Å²) in [5.41, 5.74) is 11.1. The first-order valence-corrected chi connectivity index (χ1v) is 10.4. The molecule has 2 aromatic carbocycles. The smallest absolute Gasteiger partial charge is 0.251 e. The second-order valence-corrected chi connectivity index (χ2v) is 8.04. The zero-order valence-electron chi connectivity index (χ0n) is 16.3. The van der Waals surface area contributed by atoms with E-state index in [0.29, 0.717) is 23.8 Å². The number of likely N-dealkylation sites (N-methyl/N-ethyl adjacent to an activating group) is 1. The maximum Gasteiger partial charge on any atom is 0.251 e. The lowest BCUT2D eigenvalue weighted by Gasteiger charge is -2.22. The first-order chi connectivity index (χ1) is 13.6. The van der Waals surface area contributed by atoms with Gasteiger partial charge in [0.25, 0.3) is 5.91 Å². The van der Waals surface area contributed by atoms with E-state index in [1.807, 2.05) is 37.3 Å². The fourth-order valence-corrected chi connectivity index (χ4v) is 4.33. The highest BCUT2D eigenvalue weighted by molar-refractivity contribution is 7.99. The minimum absolute atomic E-state index is 0.135. The number of hydrogen-bond acceptors (Lipinski definition) is 4. The molecule has 1 aliphatic rings. The molecule has 3 rings (SSSR count).